The third-order valence-corrected chi connectivity index (χ3v) is 2.82. The molecule has 0 amide bonds. The molecule has 0 radical (unpaired) electrons. The highest BCUT2D eigenvalue weighted by Crippen LogP contribution is 2.18. The molecular formula is C15H13ClO. The Bertz CT molecular complexity index is 515. The van der Waals surface area contributed by atoms with Crippen LogP contribution in [0.25, 0.3) is 12.2 Å². The van der Waals surface area contributed by atoms with Crippen molar-refractivity contribution in [2.45, 2.75) is 0 Å². The van der Waals surface area contributed by atoms with Crippen molar-refractivity contribution in [2.75, 3.05) is 7.11 Å². The molecule has 0 spiro atoms. The zero-order valence-electron chi connectivity index (χ0n) is 9.56. The third-order valence-electron chi connectivity index (χ3n) is 2.48. The van der Waals surface area contributed by atoms with E-state index in [4.69, 9.17) is 16.3 Å². The van der Waals surface area contributed by atoms with Crippen LogP contribution >= 0.6 is 11.6 Å². The molecular weight excluding hydrogens is 232 g/mol. The summed E-state index contributed by atoms with van der Waals surface area (Å²) >= 11 is 6.07. The Morgan fingerprint density at radius 3 is 2.29 bits per heavy atom. The SMILES string of the molecule is COc1ccc(C=Cc2ccccc2Cl)cc1. The van der Waals surface area contributed by atoms with Gasteiger partial charge in [0.1, 0.15) is 5.75 Å². The lowest BCUT2D eigenvalue weighted by atomic mass is 10.1. The summed E-state index contributed by atoms with van der Waals surface area (Å²) in [5.74, 6) is 0.861. The van der Waals surface area contributed by atoms with Crippen LogP contribution in [0.4, 0.5) is 0 Å². The van der Waals surface area contributed by atoms with E-state index >= 15 is 0 Å². The number of hydrogen-bond donors (Lipinski definition) is 0. The van der Waals surface area contributed by atoms with Gasteiger partial charge in [0.05, 0.1) is 7.11 Å². The molecule has 0 heterocycles. The van der Waals surface area contributed by atoms with Crippen molar-refractivity contribution in [2.24, 2.45) is 0 Å². The highest BCUT2D eigenvalue weighted by molar-refractivity contribution is 6.32. The Balaban J connectivity index is 2.17. The minimum absolute atomic E-state index is 0.761. The highest BCUT2D eigenvalue weighted by atomic mass is 35.5. The zero-order valence-corrected chi connectivity index (χ0v) is 10.3. The molecule has 0 N–H and O–H groups in total. The summed E-state index contributed by atoms with van der Waals surface area (Å²) in [4.78, 5) is 0. The fourth-order valence-corrected chi connectivity index (χ4v) is 1.71. The second-order valence-corrected chi connectivity index (χ2v) is 4.04. The molecule has 0 aliphatic rings. The van der Waals surface area contributed by atoms with Crippen molar-refractivity contribution in [3.8, 4) is 5.75 Å². The summed E-state index contributed by atoms with van der Waals surface area (Å²) in [6.45, 7) is 0. The molecule has 86 valence electrons. The molecule has 0 aromatic heterocycles. The maximum atomic E-state index is 6.07. The quantitative estimate of drug-likeness (QED) is 0.722. The first-order valence-electron chi connectivity index (χ1n) is 5.36. The Kier molecular flexibility index (Phi) is 3.84. The normalized spacial score (nSPS) is 10.7. The van der Waals surface area contributed by atoms with E-state index in [-0.39, 0.29) is 0 Å². The first kappa shape index (κ1) is 11.7. The van der Waals surface area contributed by atoms with E-state index in [2.05, 4.69) is 0 Å². The van der Waals surface area contributed by atoms with Crippen molar-refractivity contribution in [3.63, 3.8) is 0 Å². The van der Waals surface area contributed by atoms with Gasteiger partial charge in [-0.15, -0.1) is 0 Å². The van der Waals surface area contributed by atoms with Crippen LogP contribution in [-0.2, 0) is 0 Å². The highest BCUT2D eigenvalue weighted by Gasteiger charge is 1.94. The van der Waals surface area contributed by atoms with Gasteiger partial charge in [0.15, 0.2) is 0 Å². The van der Waals surface area contributed by atoms with E-state index in [0.717, 1.165) is 21.9 Å². The minimum Gasteiger partial charge on any atom is -0.497 e. The fraction of sp³-hybridized carbons (Fsp3) is 0.0667. The number of hydrogen-bond acceptors (Lipinski definition) is 1. The van der Waals surface area contributed by atoms with E-state index in [0.29, 0.717) is 0 Å². The van der Waals surface area contributed by atoms with Crippen LogP contribution in [0.1, 0.15) is 11.1 Å². The van der Waals surface area contributed by atoms with Crippen LogP contribution in [-0.4, -0.2) is 7.11 Å². The molecule has 2 aromatic rings. The summed E-state index contributed by atoms with van der Waals surface area (Å²) in [5, 5.41) is 0.761. The fourth-order valence-electron chi connectivity index (χ4n) is 1.51. The molecule has 0 aliphatic carbocycles. The lowest BCUT2D eigenvalue weighted by Gasteiger charge is -2.00. The summed E-state index contributed by atoms with van der Waals surface area (Å²) in [6.07, 6.45) is 4.03. The van der Waals surface area contributed by atoms with Gasteiger partial charge in [-0.1, -0.05) is 54.1 Å². The van der Waals surface area contributed by atoms with E-state index in [1.165, 1.54) is 0 Å². The molecule has 0 saturated heterocycles. The molecule has 2 heteroatoms. The minimum atomic E-state index is 0.761. The average Bonchev–Trinajstić information content (AvgIpc) is 2.38. The molecule has 2 rings (SSSR count). The lowest BCUT2D eigenvalue weighted by Crippen LogP contribution is -1.81. The van der Waals surface area contributed by atoms with E-state index in [1.807, 2.05) is 60.7 Å². The van der Waals surface area contributed by atoms with Gasteiger partial charge in [-0.25, -0.2) is 0 Å². The van der Waals surface area contributed by atoms with Crippen LogP contribution in [0.5, 0.6) is 5.75 Å². The molecule has 0 saturated carbocycles. The van der Waals surface area contributed by atoms with Crippen LogP contribution in [0.3, 0.4) is 0 Å². The Hall–Kier alpha value is -1.73. The molecule has 17 heavy (non-hydrogen) atoms. The second-order valence-electron chi connectivity index (χ2n) is 3.63. The summed E-state index contributed by atoms with van der Waals surface area (Å²) in [6, 6.07) is 15.7. The van der Waals surface area contributed by atoms with Gasteiger partial charge in [0.25, 0.3) is 0 Å². The maximum absolute atomic E-state index is 6.07. The van der Waals surface area contributed by atoms with Crippen LogP contribution in [0.15, 0.2) is 48.5 Å². The molecule has 1 nitrogen and oxygen atoms in total. The van der Waals surface area contributed by atoms with Gasteiger partial charge >= 0.3 is 0 Å². The van der Waals surface area contributed by atoms with Gasteiger partial charge in [0, 0.05) is 5.02 Å². The molecule has 0 atom stereocenters. The second kappa shape index (κ2) is 5.55. The van der Waals surface area contributed by atoms with E-state index in [9.17, 15) is 0 Å². The monoisotopic (exact) mass is 244 g/mol. The number of halogens is 1. The Labute approximate surface area is 106 Å². The summed E-state index contributed by atoms with van der Waals surface area (Å²) in [7, 11) is 1.66. The predicted octanol–water partition coefficient (Wildman–Crippen LogP) is 4.52. The standard InChI is InChI=1S/C15H13ClO/c1-17-14-10-7-12(8-11-14)6-9-13-4-2-3-5-15(13)16/h2-11H,1H3. The predicted molar refractivity (Wildman–Crippen MR) is 73.4 cm³/mol. The van der Waals surface area contributed by atoms with Gasteiger partial charge < -0.3 is 4.74 Å². The summed E-state index contributed by atoms with van der Waals surface area (Å²) in [5.41, 5.74) is 2.13. The first-order valence-corrected chi connectivity index (χ1v) is 5.74. The molecule has 0 aliphatic heterocycles. The molecule has 0 unspecified atom stereocenters. The van der Waals surface area contributed by atoms with Crippen LogP contribution in [0.2, 0.25) is 5.02 Å². The lowest BCUT2D eigenvalue weighted by molar-refractivity contribution is 0.415. The van der Waals surface area contributed by atoms with Gasteiger partial charge in [-0.2, -0.15) is 0 Å². The van der Waals surface area contributed by atoms with Crippen LogP contribution in [0, 0.1) is 0 Å². The number of benzene rings is 2. The number of rotatable bonds is 3. The molecule has 0 fully saturated rings. The summed E-state index contributed by atoms with van der Waals surface area (Å²) < 4.78 is 5.11. The van der Waals surface area contributed by atoms with Gasteiger partial charge in [-0.05, 0) is 29.3 Å². The van der Waals surface area contributed by atoms with E-state index in [1.54, 1.807) is 7.11 Å². The van der Waals surface area contributed by atoms with Gasteiger partial charge in [0.2, 0.25) is 0 Å². The maximum Gasteiger partial charge on any atom is 0.118 e. The molecule has 2 aromatic carbocycles. The molecule has 0 bridgehead atoms. The Morgan fingerprint density at radius 2 is 1.65 bits per heavy atom. The number of methoxy groups -OCH3 is 1. The van der Waals surface area contributed by atoms with Gasteiger partial charge in [-0.3, -0.25) is 0 Å². The van der Waals surface area contributed by atoms with Crippen molar-refractivity contribution in [3.05, 3.63) is 64.7 Å². The average molecular weight is 245 g/mol. The zero-order chi connectivity index (χ0) is 12.1. The smallest absolute Gasteiger partial charge is 0.118 e. The van der Waals surface area contributed by atoms with Crippen LogP contribution < -0.4 is 4.74 Å². The van der Waals surface area contributed by atoms with E-state index < -0.39 is 0 Å². The van der Waals surface area contributed by atoms with Crippen molar-refractivity contribution in [1.82, 2.24) is 0 Å². The Morgan fingerprint density at radius 1 is 0.941 bits per heavy atom. The largest absolute Gasteiger partial charge is 0.497 e. The topological polar surface area (TPSA) is 9.23 Å². The van der Waals surface area contributed by atoms with Crippen molar-refractivity contribution < 1.29 is 4.74 Å². The first-order chi connectivity index (χ1) is 8.29. The van der Waals surface area contributed by atoms with Crippen molar-refractivity contribution in [1.29, 1.82) is 0 Å². The third kappa shape index (κ3) is 3.11. The van der Waals surface area contributed by atoms with Crippen molar-refractivity contribution >= 4 is 23.8 Å². The number of ether oxygens (including phenoxy) is 1.